The van der Waals surface area contributed by atoms with Crippen molar-refractivity contribution in [3.63, 3.8) is 0 Å². The third kappa shape index (κ3) is 4.55. The molecule has 21 heavy (non-hydrogen) atoms. The zero-order chi connectivity index (χ0) is 15.2. The molecule has 3 N–H and O–H groups in total. The van der Waals surface area contributed by atoms with Gasteiger partial charge in [0.15, 0.2) is 0 Å². The molecule has 4 heteroatoms. The Hall–Kier alpha value is -1.39. The second kappa shape index (κ2) is 7.57. The lowest BCUT2D eigenvalue weighted by molar-refractivity contribution is -0.117. The minimum atomic E-state index is 0.0806. The van der Waals surface area contributed by atoms with Crippen molar-refractivity contribution in [2.75, 3.05) is 31.5 Å². The van der Waals surface area contributed by atoms with Gasteiger partial charge in [-0.2, -0.15) is 0 Å². The summed E-state index contributed by atoms with van der Waals surface area (Å²) in [6.45, 7) is 7.34. The highest BCUT2D eigenvalue weighted by Gasteiger charge is 2.21. The number of rotatable bonds is 5. The largest absolute Gasteiger partial charge is 0.330 e. The Bertz CT molecular complexity index is 485. The van der Waals surface area contributed by atoms with Crippen LogP contribution in [-0.4, -0.2) is 37.0 Å². The fraction of sp³-hybridized carbons (Fsp3) is 0.588. The van der Waals surface area contributed by atoms with E-state index in [9.17, 15) is 4.79 Å². The second-order valence-electron chi connectivity index (χ2n) is 6.12. The Kier molecular flexibility index (Phi) is 5.76. The van der Waals surface area contributed by atoms with Crippen LogP contribution in [0.4, 0.5) is 5.69 Å². The van der Waals surface area contributed by atoms with Crippen LogP contribution in [0.5, 0.6) is 0 Å². The van der Waals surface area contributed by atoms with Crippen molar-refractivity contribution in [2.45, 2.75) is 33.1 Å². The van der Waals surface area contributed by atoms with Gasteiger partial charge in [0, 0.05) is 12.2 Å². The molecule has 4 nitrogen and oxygen atoms in total. The first-order valence-corrected chi connectivity index (χ1v) is 7.88. The van der Waals surface area contributed by atoms with Crippen molar-refractivity contribution in [2.24, 2.45) is 11.7 Å². The van der Waals surface area contributed by atoms with Gasteiger partial charge in [0.1, 0.15) is 0 Å². The number of nitrogens with two attached hydrogens (primary N) is 1. The van der Waals surface area contributed by atoms with Crippen molar-refractivity contribution in [1.29, 1.82) is 0 Å². The fourth-order valence-electron chi connectivity index (χ4n) is 3.05. The van der Waals surface area contributed by atoms with Crippen LogP contribution >= 0.6 is 0 Å². The fourth-order valence-corrected chi connectivity index (χ4v) is 3.05. The molecule has 1 fully saturated rings. The maximum absolute atomic E-state index is 12.2. The summed E-state index contributed by atoms with van der Waals surface area (Å²) in [5.41, 5.74) is 8.91. The van der Waals surface area contributed by atoms with E-state index in [-0.39, 0.29) is 5.91 Å². The number of nitrogens with zero attached hydrogens (tertiary/aromatic N) is 1. The lowest BCUT2D eigenvalue weighted by Gasteiger charge is -2.32. The Morgan fingerprint density at radius 2 is 2.24 bits per heavy atom. The molecule has 1 amide bonds. The maximum atomic E-state index is 12.2. The number of nitrogens with one attached hydrogen (secondary N) is 1. The minimum Gasteiger partial charge on any atom is -0.330 e. The molecule has 1 unspecified atom stereocenters. The number of hydrogen-bond donors (Lipinski definition) is 2. The number of aryl methyl sites for hydroxylation is 1. The van der Waals surface area contributed by atoms with Crippen molar-refractivity contribution in [3.05, 3.63) is 29.3 Å². The van der Waals surface area contributed by atoms with E-state index in [4.69, 9.17) is 5.73 Å². The smallest absolute Gasteiger partial charge is 0.238 e. The zero-order valence-corrected chi connectivity index (χ0v) is 13.2. The summed E-state index contributed by atoms with van der Waals surface area (Å²) in [7, 11) is 0. The van der Waals surface area contributed by atoms with Gasteiger partial charge in [0.05, 0.1) is 6.54 Å². The van der Waals surface area contributed by atoms with Crippen LogP contribution in [0.15, 0.2) is 18.2 Å². The highest BCUT2D eigenvalue weighted by molar-refractivity contribution is 5.93. The van der Waals surface area contributed by atoms with E-state index >= 15 is 0 Å². The molecule has 1 aromatic carbocycles. The first-order valence-electron chi connectivity index (χ1n) is 7.88. The lowest BCUT2D eigenvalue weighted by atomic mass is 9.95. The molecule has 0 aliphatic carbocycles. The number of anilines is 1. The van der Waals surface area contributed by atoms with Crippen LogP contribution in [-0.2, 0) is 4.79 Å². The van der Waals surface area contributed by atoms with Gasteiger partial charge >= 0.3 is 0 Å². The van der Waals surface area contributed by atoms with Gasteiger partial charge in [-0.15, -0.1) is 0 Å². The van der Waals surface area contributed by atoms with E-state index in [1.165, 1.54) is 18.4 Å². The van der Waals surface area contributed by atoms with Crippen LogP contribution < -0.4 is 11.1 Å². The van der Waals surface area contributed by atoms with Crippen LogP contribution in [0.1, 0.15) is 30.4 Å². The van der Waals surface area contributed by atoms with Gasteiger partial charge in [0.2, 0.25) is 5.91 Å². The van der Waals surface area contributed by atoms with Crippen LogP contribution in [0.3, 0.4) is 0 Å². The van der Waals surface area contributed by atoms with Gasteiger partial charge in [0.25, 0.3) is 0 Å². The number of benzene rings is 1. The third-order valence-corrected chi connectivity index (χ3v) is 4.42. The first-order chi connectivity index (χ1) is 10.1. The SMILES string of the molecule is Cc1cccc(NC(=O)CN2CCCC(CCN)C2)c1C. The van der Waals surface area contributed by atoms with E-state index in [0.717, 1.165) is 37.3 Å². The van der Waals surface area contributed by atoms with Crippen molar-refractivity contribution in [1.82, 2.24) is 4.90 Å². The summed E-state index contributed by atoms with van der Waals surface area (Å²) < 4.78 is 0. The molecule has 0 saturated carbocycles. The van der Waals surface area contributed by atoms with Crippen LogP contribution in [0.25, 0.3) is 0 Å². The third-order valence-electron chi connectivity index (χ3n) is 4.42. The first kappa shape index (κ1) is 16.0. The highest BCUT2D eigenvalue weighted by atomic mass is 16.2. The van der Waals surface area contributed by atoms with E-state index in [2.05, 4.69) is 23.2 Å². The molecule has 0 spiro atoms. The summed E-state index contributed by atoms with van der Waals surface area (Å²) in [5.74, 6) is 0.731. The number of likely N-dealkylation sites (tertiary alicyclic amines) is 1. The zero-order valence-electron chi connectivity index (χ0n) is 13.2. The van der Waals surface area contributed by atoms with Gasteiger partial charge in [-0.1, -0.05) is 12.1 Å². The Morgan fingerprint density at radius 1 is 1.43 bits per heavy atom. The molecule has 0 bridgehead atoms. The average molecular weight is 289 g/mol. The molecule has 1 aromatic rings. The highest BCUT2D eigenvalue weighted by Crippen LogP contribution is 2.20. The quantitative estimate of drug-likeness (QED) is 0.874. The standard InChI is InChI=1S/C17H27N3O/c1-13-5-3-7-16(14(13)2)19-17(21)12-20-10-4-6-15(11-20)8-9-18/h3,5,7,15H,4,6,8-12,18H2,1-2H3,(H,19,21). The monoisotopic (exact) mass is 289 g/mol. The maximum Gasteiger partial charge on any atom is 0.238 e. The Labute approximate surface area is 127 Å². The van der Waals surface area contributed by atoms with Gasteiger partial charge in [-0.05, 0) is 69.3 Å². The molecule has 1 aliphatic rings. The number of piperidine rings is 1. The summed E-state index contributed by atoms with van der Waals surface area (Å²) in [6.07, 6.45) is 3.48. The number of hydrogen-bond acceptors (Lipinski definition) is 3. The normalized spacial score (nSPS) is 19.5. The Balaban J connectivity index is 1.88. The molecule has 2 rings (SSSR count). The van der Waals surface area contributed by atoms with Gasteiger partial charge < -0.3 is 11.1 Å². The molecule has 1 aliphatic heterocycles. The van der Waals surface area contributed by atoms with E-state index in [1.807, 2.05) is 19.1 Å². The molecule has 0 radical (unpaired) electrons. The summed E-state index contributed by atoms with van der Waals surface area (Å²) in [4.78, 5) is 14.5. The summed E-state index contributed by atoms with van der Waals surface area (Å²) in [6, 6.07) is 6.01. The van der Waals surface area contributed by atoms with Crippen LogP contribution in [0.2, 0.25) is 0 Å². The summed E-state index contributed by atoms with van der Waals surface area (Å²) in [5, 5.41) is 3.04. The topological polar surface area (TPSA) is 58.4 Å². The number of carbonyl (C=O) groups is 1. The lowest BCUT2D eigenvalue weighted by Crippen LogP contribution is -2.41. The van der Waals surface area contributed by atoms with Crippen LogP contribution in [0, 0.1) is 19.8 Å². The molecular weight excluding hydrogens is 262 g/mol. The predicted octanol–water partition coefficient (Wildman–Crippen LogP) is 2.30. The van der Waals surface area contributed by atoms with Crippen molar-refractivity contribution < 1.29 is 4.79 Å². The second-order valence-corrected chi connectivity index (χ2v) is 6.12. The predicted molar refractivity (Wildman–Crippen MR) is 87.4 cm³/mol. The van der Waals surface area contributed by atoms with E-state index < -0.39 is 0 Å². The van der Waals surface area contributed by atoms with E-state index in [1.54, 1.807) is 0 Å². The molecule has 1 atom stereocenters. The molecule has 0 aromatic heterocycles. The number of amides is 1. The Morgan fingerprint density at radius 3 is 3.00 bits per heavy atom. The van der Waals surface area contributed by atoms with Gasteiger partial charge in [-0.3, -0.25) is 9.69 Å². The van der Waals surface area contributed by atoms with Crippen molar-refractivity contribution >= 4 is 11.6 Å². The molecule has 116 valence electrons. The minimum absolute atomic E-state index is 0.0806. The average Bonchev–Trinajstić information content (AvgIpc) is 2.44. The van der Waals surface area contributed by atoms with Crippen molar-refractivity contribution in [3.8, 4) is 0 Å². The summed E-state index contributed by atoms with van der Waals surface area (Å²) >= 11 is 0. The molecule has 1 saturated heterocycles. The molecular formula is C17H27N3O. The molecule has 1 heterocycles. The number of carbonyl (C=O) groups excluding carboxylic acids is 1. The van der Waals surface area contributed by atoms with Gasteiger partial charge in [-0.25, -0.2) is 0 Å². The van der Waals surface area contributed by atoms with E-state index in [0.29, 0.717) is 12.5 Å².